The van der Waals surface area contributed by atoms with Crippen LogP contribution in [0.2, 0.25) is 0 Å². The van der Waals surface area contributed by atoms with Crippen LogP contribution in [0.4, 0.5) is 5.69 Å². The van der Waals surface area contributed by atoms with Gasteiger partial charge < -0.3 is 10.1 Å². The van der Waals surface area contributed by atoms with Crippen molar-refractivity contribution in [1.82, 2.24) is 0 Å². The summed E-state index contributed by atoms with van der Waals surface area (Å²) >= 11 is 0. The monoisotopic (exact) mass is 325 g/mol. The fraction of sp³-hybridized carbons (Fsp3) is 0.455. The van der Waals surface area contributed by atoms with Crippen LogP contribution in [0.3, 0.4) is 0 Å². The molecule has 2 rings (SSSR count). The summed E-state index contributed by atoms with van der Waals surface area (Å²) in [6.07, 6.45) is 0. The Hall–Kier alpha value is -1.96. The maximum atomic E-state index is 6.18. The van der Waals surface area contributed by atoms with Crippen LogP contribution in [0.25, 0.3) is 0 Å². The highest BCUT2D eigenvalue weighted by Crippen LogP contribution is 2.33. The molecule has 2 nitrogen and oxygen atoms in total. The van der Waals surface area contributed by atoms with Gasteiger partial charge >= 0.3 is 0 Å². The molecular weight excluding hydrogens is 294 g/mol. The molecule has 0 unspecified atom stereocenters. The average Bonchev–Trinajstić information content (AvgIpc) is 2.42. The predicted octanol–water partition coefficient (Wildman–Crippen LogP) is 6.60. The van der Waals surface area contributed by atoms with Gasteiger partial charge in [-0.2, -0.15) is 0 Å². The summed E-state index contributed by atoms with van der Waals surface area (Å²) in [6.45, 7) is 17.4. The van der Waals surface area contributed by atoms with Gasteiger partial charge in [0, 0.05) is 11.2 Å². The standard InChI is InChI=1S/C22H31NO/c1-15-13-20(16(2)12-19(15)23-22(6,7)8)24-18-11-9-10-17(14-18)21(3,4)5/h9-14,23H,1-8H3. The number of aryl methyl sites for hydroxylation is 2. The summed E-state index contributed by atoms with van der Waals surface area (Å²) in [4.78, 5) is 0. The van der Waals surface area contributed by atoms with Crippen molar-refractivity contribution in [3.8, 4) is 11.5 Å². The summed E-state index contributed by atoms with van der Waals surface area (Å²) in [7, 11) is 0. The SMILES string of the molecule is Cc1cc(Oc2cccc(C(C)(C)C)c2)c(C)cc1NC(C)(C)C. The quantitative estimate of drug-likeness (QED) is 0.686. The lowest BCUT2D eigenvalue weighted by Gasteiger charge is -2.24. The van der Waals surface area contributed by atoms with E-state index in [1.54, 1.807) is 0 Å². The van der Waals surface area contributed by atoms with Gasteiger partial charge in [-0.25, -0.2) is 0 Å². The Morgan fingerprint density at radius 2 is 1.50 bits per heavy atom. The number of rotatable bonds is 3. The molecule has 0 saturated carbocycles. The van der Waals surface area contributed by atoms with Gasteiger partial charge in [0.25, 0.3) is 0 Å². The summed E-state index contributed by atoms with van der Waals surface area (Å²) < 4.78 is 6.18. The lowest BCUT2D eigenvalue weighted by atomic mass is 9.87. The second-order valence-corrected chi connectivity index (χ2v) is 8.69. The Labute approximate surface area is 147 Å². The van der Waals surface area contributed by atoms with E-state index < -0.39 is 0 Å². The van der Waals surface area contributed by atoms with Gasteiger partial charge in [0.05, 0.1) is 0 Å². The summed E-state index contributed by atoms with van der Waals surface area (Å²) in [6, 6.07) is 12.7. The minimum atomic E-state index is 0.0423. The molecule has 0 aromatic heterocycles. The number of ether oxygens (including phenoxy) is 1. The molecule has 0 heterocycles. The minimum Gasteiger partial charge on any atom is -0.457 e. The number of hydrogen-bond acceptors (Lipinski definition) is 2. The van der Waals surface area contributed by atoms with Crippen molar-refractivity contribution in [3.05, 3.63) is 53.1 Å². The summed E-state index contributed by atoms with van der Waals surface area (Å²) in [5, 5.41) is 3.55. The first-order valence-electron chi connectivity index (χ1n) is 8.63. The smallest absolute Gasteiger partial charge is 0.130 e. The Bertz CT molecular complexity index is 718. The molecule has 0 saturated heterocycles. The number of nitrogens with one attached hydrogen (secondary N) is 1. The van der Waals surface area contributed by atoms with Gasteiger partial charge in [0.1, 0.15) is 11.5 Å². The van der Waals surface area contributed by atoms with Crippen LogP contribution in [0, 0.1) is 13.8 Å². The molecule has 0 bridgehead atoms. The molecule has 0 radical (unpaired) electrons. The van der Waals surface area contributed by atoms with Gasteiger partial charge in [-0.3, -0.25) is 0 Å². The van der Waals surface area contributed by atoms with E-state index in [-0.39, 0.29) is 11.0 Å². The van der Waals surface area contributed by atoms with Crippen molar-refractivity contribution in [2.45, 2.75) is 66.3 Å². The van der Waals surface area contributed by atoms with E-state index in [1.165, 1.54) is 11.1 Å². The first kappa shape index (κ1) is 18.4. The van der Waals surface area contributed by atoms with E-state index in [9.17, 15) is 0 Å². The van der Waals surface area contributed by atoms with Crippen molar-refractivity contribution in [3.63, 3.8) is 0 Å². The van der Waals surface area contributed by atoms with Crippen LogP contribution >= 0.6 is 0 Å². The molecule has 0 amide bonds. The zero-order chi connectivity index (χ0) is 18.1. The first-order valence-corrected chi connectivity index (χ1v) is 8.63. The van der Waals surface area contributed by atoms with E-state index in [0.717, 1.165) is 22.7 Å². The average molecular weight is 325 g/mol. The third-order valence-electron chi connectivity index (χ3n) is 3.96. The topological polar surface area (TPSA) is 21.3 Å². The van der Waals surface area contributed by atoms with Crippen LogP contribution in [0.15, 0.2) is 36.4 Å². The molecule has 0 aliphatic heterocycles. The van der Waals surface area contributed by atoms with E-state index >= 15 is 0 Å². The van der Waals surface area contributed by atoms with Crippen LogP contribution in [0.5, 0.6) is 11.5 Å². The zero-order valence-electron chi connectivity index (χ0n) is 16.4. The number of hydrogen-bond donors (Lipinski definition) is 1. The van der Waals surface area contributed by atoms with Crippen LogP contribution in [0.1, 0.15) is 58.2 Å². The Balaban J connectivity index is 2.30. The van der Waals surface area contributed by atoms with Crippen molar-refractivity contribution in [2.75, 3.05) is 5.32 Å². The van der Waals surface area contributed by atoms with Gasteiger partial charge in [0.2, 0.25) is 0 Å². The molecule has 1 N–H and O–H groups in total. The molecule has 2 aromatic carbocycles. The Kier molecular flexibility index (Phi) is 4.98. The maximum Gasteiger partial charge on any atom is 0.130 e. The highest BCUT2D eigenvalue weighted by molar-refractivity contribution is 5.58. The lowest BCUT2D eigenvalue weighted by Crippen LogP contribution is -2.26. The molecule has 24 heavy (non-hydrogen) atoms. The largest absolute Gasteiger partial charge is 0.457 e. The molecule has 0 spiro atoms. The van der Waals surface area contributed by atoms with Crippen LogP contribution in [-0.4, -0.2) is 5.54 Å². The molecule has 130 valence electrons. The highest BCUT2D eigenvalue weighted by atomic mass is 16.5. The van der Waals surface area contributed by atoms with Crippen molar-refractivity contribution < 1.29 is 4.74 Å². The molecule has 0 aliphatic rings. The second kappa shape index (κ2) is 6.51. The predicted molar refractivity (Wildman–Crippen MR) is 105 cm³/mol. The van der Waals surface area contributed by atoms with Gasteiger partial charge in [-0.1, -0.05) is 32.9 Å². The number of anilines is 1. The van der Waals surface area contributed by atoms with Gasteiger partial charge in [-0.15, -0.1) is 0 Å². The van der Waals surface area contributed by atoms with Gasteiger partial charge in [-0.05, 0) is 81.0 Å². The van der Waals surface area contributed by atoms with Crippen molar-refractivity contribution >= 4 is 5.69 Å². The van der Waals surface area contributed by atoms with Crippen molar-refractivity contribution in [1.29, 1.82) is 0 Å². The zero-order valence-corrected chi connectivity index (χ0v) is 16.4. The van der Waals surface area contributed by atoms with E-state index in [0.29, 0.717) is 0 Å². The normalized spacial score (nSPS) is 12.2. The van der Waals surface area contributed by atoms with E-state index in [2.05, 4.69) is 91.0 Å². The van der Waals surface area contributed by atoms with E-state index in [1.807, 2.05) is 6.07 Å². The molecule has 2 heteroatoms. The van der Waals surface area contributed by atoms with E-state index in [4.69, 9.17) is 4.74 Å². The highest BCUT2D eigenvalue weighted by Gasteiger charge is 2.16. The lowest BCUT2D eigenvalue weighted by molar-refractivity contribution is 0.474. The minimum absolute atomic E-state index is 0.0423. The van der Waals surface area contributed by atoms with Gasteiger partial charge in [0.15, 0.2) is 0 Å². The third-order valence-corrected chi connectivity index (χ3v) is 3.96. The second-order valence-electron chi connectivity index (χ2n) is 8.69. The molecule has 0 fully saturated rings. The summed E-state index contributed by atoms with van der Waals surface area (Å²) in [5.41, 5.74) is 4.92. The fourth-order valence-corrected chi connectivity index (χ4v) is 2.59. The van der Waals surface area contributed by atoms with Crippen LogP contribution in [-0.2, 0) is 5.41 Å². The molecular formula is C22H31NO. The molecule has 2 aromatic rings. The fourth-order valence-electron chi connectivity index (χ4n) is 2.59. The summed E-state index contributed by atoms with van der Waals surface area (Å²) in [5.74, 6) is 1.81. The third kappa shape index (κ3) is 4.77. The number of benzene rings is 2. The van der Waals surface area contributed by atoms with Crippen molar-refractivity contribution in [2.24, 2.45) is 0 Å². The molecule has 0 aliphatic carbocycles. The Morgan fingerprint density at radius 1 is 0.833 bits per heavy atom. The Morgan fingerprint density at radius 3 is 2.08 bits per heavy atom. The van der Waals surface area contributed by atoms with Crippen LogP contribution < -0.4 is 10.1 Å². The molecule has 0 atom stereocenters. The maximum absolute atomic E-state index is 6.18. The first-order chi connectivity index (χ1) is 11.0.